The standard InChI is InChI=1S/C18H20N2O4/c1-18(2,3)24-17(22)11-15(21)13-7-5-6-12(10-13)14-8-9-16(23-4)20-19-14/h5-10H,11H2,1-4H3. The van der Waals surface area contributed by atoms with Crippen LogP contribution in [0.5, 0.6) is 5.88 Å². The Bertz CT molecular complexity index is 733. The topological polar surface area (TPSA) is 78.4 Å². The van der Waals surface area contributed by atoms with Crippen molar-refractivity contribution in [3.8, 4) is 17.1 Å². The van der Waals surface area contributed by atoms with E-state index in [1.165, 1.54) is 7.11 Å². The van der Waals surface area contributed by atoms with Crippen molar-refractivity contribution in [2.75, 3.05) is 7.11 Å². The van der Waals surface area contributed by atoms with Gasteiger partial charge < -0.3 is 9.47 Å². The first kappa shape index (κ1) is 17.6. The van der Waals surface area contributed by atoms with Gasteiger partial charge in [-0.05, 0) is 32.9 Å². The molecule has 2 rings (SSSR count). The zero-order chi connectivity index (χ0) is 17.7. The van der Waals surface area contributed by atoms with Gasteiger partial charge in [0.2, 0.25) is 5.88 Å². The number of rotatable bonds is 5. The summed E-state index contributed by atoms with van der Waals surface area (Å²) >= 11 is 0. The summed E-state index contributed by atoms with van der Waals surface area (Å²) in [6, 6.07) is 10.3. The minimum Gasteiger partial charge on any atom is -0.480 e. The molecular weight excluding hydrogens is 308 g/mol. The molecule has 0 amide bonds. The zero-order valence-electron chi connectivity index (χ0n) is 14.2. The van der Waals surface area contributed by atoms with Crippen molar-refractivity contribution in [1.82, 2.24) is 10.2 Å². The SMILES string of the molecule is COc1ccc(-c2cccc(C(=O)CC(=O)OC(C)(C)C)c2)nn1. The highest BCUT2D eigenvalue weighted by molar-refractivity contribution is 6.06. The molecule has 24 heavy (non-hydrogen) atoms. The first-order valence-corrected chi connectivity index (χ1v) is 7.52. The Labute approximate surface area is 140 Å². The van der Waals surface area contributed by atoms with Gasteiger partial charge in [0.1, 0.15) is 12.0 Å². The Hall–Kier alpha value is -2.76. The van der Waals surface area contributed by atoms with Crippen LogP contribution >= 0.6 is 0 Å². The lowest BCUT2D eigenvalue weighted by Crippen LogP contribution is -2.25. The number of ketones is 1. The Morgan fingerprint density at radius 2 is 1.83 bits per heavy atom. The molecule has 0 aliphatic carbocycles. The third-order valence-corrected chi connectivity index (χ3v) is 3.05. The molecule has 6 nitrogen and oxygen atoms in total. The molecule has 0 aliphatic rings. The normalized spacial score (nSPS) is 11.0. The average molecular weight is 328 g/mol. The van der Waals surface area contributed by atoms with Crippen LogP contribution in [-0.2, 0) is 9.53 Å². The number of carbonyl (C=O) groups excluding carboxylic acids is 2. The van der Waals surface area contributed by atoms with Crippen molar-refractivity contribution in [2.24, 2.45) is 0 Å². The summed E-state index contributed by atoms with van der Waals surface area (Å²) in [6.45, 7) is 5.29. The van der Waals surface area contributed by atoms with E-state index in [1.807, 2.05) is 6.07 Å². The van der Waals surface area contributed by atoms with Crippen LogP contribution in [0.2, 0.25) is 0 Å². The molecule has 126 valence electrons. The summed E-state index contributed by atoms with van der Waals surface area (Å²) in [5.41, 5.74) is 1.16. The first-order chi connectivity index (χ1) is 11.3. The highest BCUT2D eigenvalue weighted by Crippen LogP contribution is 2.20. The van der Waals surface area contributed by atoms with E-state index in [0.717, 1.165) is 5.56 Å². The van der Waals surface area contributed by atoms with Gasteiger partial charge in [-0.15, -0.1) is 10.2 Å². The Morgan fingerprint density at radius 1 is 1.08 bits per heavy atom. The van der Waals surface area contributed by atoms with Crippen molar-refractivity contribution < 1.29 is 19.1 Å². The Balaban J connectivity index is 2.14. The van der Waals surface area contributed by atoms with E-state index in [2.05, 4.69) is 10.2 Å². The summed E-state index contributed by atoms with van der Waals surface area (Å²) < 4.78 is 10.1. The van der Waals surface area contributed by atoms with Crippen LogP contribution in [0, 0.1) is 0 Å². The first-order valence-electron chi connectivity index (χ1n) is 7.52. The molecule has 0 radical (unpaired) electrons. The van der Waals surface area contributed by atoms with E-state index in [-0.39, 0.29) is 12.2 Å². The molecule has 1 aromatic carbocycles. The third kappa shape index (κ3) is 4.87. The number of Topliss-reactive ketones (excluding diaryl/α,β-unsaturated/α-hetero) is 1. The van der Waals surface area contributed by atoms with Gasteiger partial charge in [0.25, 0.3) is 0 Å². The van der Waals surface area contributed by atoms with Crippen LogP contribution in [0.4, 0.5) is 0 Å². The lowest BCUT2D eigenvalue weighted by atomic mass is 10.0. The fraction of sp³-hybridized carbons (Fsp3) is 0.333. The lowest BCUT2D eigenvalue weighted by molar-refractivity contribution is -0.153. The van der Waals surface area contributed by atoms with Gasteiger partial charge in [-0.25, -0.2) is 0 Å². The Morgan fingerprint density at radius 3 is 2.42 bits per heavy atom. The Kier molecular flexibility index (Phi) is 5.28. The van der Waals surface area contributed by atoms with Gasteiger partial charge in [0.15, 0.2) is 5.78 Å². The van der Waals surface area contributed by atoms with E-state index in [0.29, 0.717) is 17.1 Å². The van der Waals surface area contributed by atoms with Crippen molar-refractivity contribution in [3.63, 3.8) is 0 Å². The monoisotopic (exact) mass is 328 g/mol. The maximum Gasteiger partial charge on any atom is 0.314 e. The maximum atomic E-state index is 12.3. The van der Waals surface area contributed by atoms with Crippen molar-refractivity contribution in [2.45, 2.75) is 32.8 Å². The van der Waals surface area contributed by atoms with Crippen LogP contribution < -0.4 is 4.74 Å². The number of ether oxygens (including phenoxy) is 2. The summed E-state index contributed by atoms with van der Waals surface area (Å²) in [6.07, 6.45) is -0.297. The van der Waals surface area contributed by atoms with E-state index >= 15 is 0 Å². The number of hydrogen-bond acceptors (Lipinski definition) is 6. The van der Waals surface area contributed by atoms with Crippen LogP contribution in [0.25, 0.3) is 11.3 Å². The van der Waals surface area contributed by atoms with E-state index in [9.17, 15) is 9.59 Å². The van der Waals surface area contributed by atoms with Crippen molar-refractivity contribution in [1.29, 1.82) is 0 Å². The predicted molar refractivity (Wildman–Crippen MR) is 88.8 cm³/mol. The molecule has 2 aromatic rings. The van der Waals surface area contributed by atoms with Gasteiger partial charge in [-0.3, -0.25) is 9.59 Å². The lowest BCUT2D eigenvalue weighted by Gasteiger charge is -2.19. The van der Waals surface area contributed by atoms with E-state index < -0.39 is 11.6 Å². The summed E-state index contributed by atoms with van der Waals surface area (Å²) in [7, 11) is 1.51. The molecule has 0 saturated carbocycles. The van der Waals surface area contributed by atoms with E-state index in [4.69, 9.17) is 9.47 Å². The molecule has 0 saturated heterocycles. The predicted octanol–water partition coefficient (Wildman–Crippen LogP) is 3.07. The molecule has 0 spiro atoms. The number of benzene rings is 1. The van der Waals surface area contributed by atoms with Crippen LogP contribution in [0.3, 0.4) is 0 Å². The average Bonchev–Trinajstić information content (AvgIpc) is 2.53. The van der Waals surface area contributed by atoms with Crippen molar-refractivity contribution in [3.05, 3.63) is 42.0 Å². The molecule has 1 heterocycles. The number of nitrogens with zero attached hydrogens (tertiary/aromatic N) is 2. The second kappa shape index (κ2) is 7.21. The fourth-order valence-corrected chi connectivity index (χ4v) is 2.05. The summed E-state index contributed by atoms with van der Waals surface area (Å²) in [5, 5.41) is 7.96. The van der Waals surface area contributed by atoms with Crippen LogP contribution in [-0.4, -0.2) is 34.7 Å². The zero-order valence-corrected chi connectivity index (χ0v) is 14.2. The molecule has 0 bridgehead atoms. The van der Waals surface area contributed by atoms with Gasteiger partial charge in [-0.1, -0.05) is 18.2 Å². The smallest absolute Gasteiger partial charge is 0.314 e. The molecule has 6 heteroatoms. The van der Waals surface area contributed by atoms with E-state index in [1.54, 1.807) is 51.1 Å². The molecule has 0 unspecified atom stereocenters. The highest BCUT2D eigenvalue weighted by atomic mass is 16.6. The fourth-order valence-electron chi connectivity index (χ4n) is 2.05. The minimum atomic E-state index is -0.613. The third-order valence-electron chi connectivity index (χ3n) is 3.05. The molecule has 0 fully saturated rings. The van der Waals surface area contributed by atoms with Gasteiger partial charge in [0.05, 0.1) is 12.8 Å². The number of carbonyl (C=O) groups is 2. The van der Waals surface area contributed by atoms with Gasteiger partial charge >= 0.3 is 5.97 Å². The highest BCUT2D eigenvalue weighted by Gasteiger charge is 2.20. The number of methoxy groups -OCH3 is 1. The van der Waals surface area contributed by atoms with Gasteiger partial charge in [-0.2, -0.15) is 0 Å². The van der Waals surface area contributed by atoms with Crippen LogP contribution in [0.15, 0.2) is 36.4 Å². The second-order valence-electron chi connectivity index (χ2n) is 6.23. The molecular formula is C18H20N2O4. The summed E-state index contributed by atoms with van der Waals surface area (Å²) in [4.78, 5) is 24.1. The summed E-state index contributed by atoms with van der Waals surface area (Å²) in [5.74, 6) is -0.425. The number of aromatic nitrogens is 2. The number of esters is 1. The number of hydrogen-bond donors (Lipinski definition) is 0. The largest absolute Gasteiger partial charge is 0.480 e. The maximum absolute atomic E-state index is 12.3. The molecule has 0 atom stereocenters. The van der Waals surface area contributed by atoms with Crippen LogP contribution in [0.1, 0.15) is 37.6 Å². The quantitative estimate of drug-likeness (QED) is 0.477. The minimum absolute atomic E-state index is 0.297. The van der Waals surface area contributed by atoms with Crippen molar-refractivity contribution >= 4 is 11.8 Å². The molecule has 0 N–H and O–H groups in total. The molecule has 0 aliphatic heterocycles. The molecule has 1 aromatic heterocycles. The van der Waals surface area contributed by atoms with Gasteiger partial charge in [0, 0.05) is 17.2 Å². The second-order valence-corrected chi connectivity index (χ2v) is 6.23.